The van der Waals surface area contributed by atoms with E-state index in [1.807, 2.05) is 36.4 Å². The molecule has 0 amide bonds. The van der Waals surface area contributed by atoms with Crippen molar-refractivity contribution in [1.82, 2.24) is 5.16 Å². The Bertz CT molecular complexity index is 896. The molecule has 3 aromatic rings. The highest BCUT2D eigenvalue weighted by molar-refractivity contribution is 6.25. The first kappa shape index (κ1) is 14.0. The predicted octanol–water partition coefficient (Wildman–Crippen LogP) is 4.64. The Morgan fingerprint density at radius 1 is 1.04 bits per heavy atom. The first-order valence-corrected chi connectivity index (χ1v) is 8.11. The Kier molecular flexibility index (Phi) is 3.37. The number of aromatic nitrogens is 1. The molecular formula is C19H18N2O2. The molecule has 4 heteroatoms. The summed E-state index contributed by atoms with van der Waals surface area (Å²) in [5.74, 6) is 0.737. The molecule has 1 aliphatic carbocycles. The fourth-order valence-corrected chi connectivity index (χ4v) is 3.19. The van der Waals surface area contributed by atoms with Crippen molar-refractivity contribution in [2.45, 2.75) is 26.2 Å². The summed E-state index contributed by atoms with van der Waals surface area (Å²) in [5.41, 5.74) is 3.87. The van der Waals surface area contributed by atoms with Crippen LogP contribution in [0.2, 0.25) is 0 Å². The van der Waals surface area contributed by atoms with Crippen molar-refractivity contribution >= 4 is 22.4 Å². The van der Waals surface area contributed by atoms with Crippen LogP contribution in [0.1, 0.15) is 42.1 Å². The molecule has 1 aromatic heterocycles. The van der Waals surface area contributed by atoms with E-state index in [4.69, 9.17) is 4.52 Å². The Hall–Kier alpha value is -2.62. The van der Waals surface area contributed by atoms with Crippen LogP contribution in [0.15, 0.2) is 40.9 Å². The number of rotatable bonds is 5. The lowest BCUT2D eigenvalue weighted by Gasteiger charge is -2.14. The number of ketones is 1. The van der Waals surface area contributed by atoms with Crippen molar-refractivity contribution in [2.24, 2.45) is 0 Å². The van der Waals surface area contributed by atoms with Gasteiger partial charge in [-0.1, -0.05) is 49.2 Å². The number of benzene rings is 2. The fourth-order valence-electron chi connectivity index (χ4n) is 3.19. The number of hydrogen-bond acceptors (Lipinski definition) is 4. The average molecular weight is 306 g/mol. The Labute approximate surface area is 134 Å². The van der Waals surface area contributed by atoms with Crippen LogP contribution in [0.25, 0.3) is 22.2 Å². The van der Waals surface area contributed by atoms with Crippen LogP contribution in [-0.2, 0) is 0 Å². The highest BCUT2D eigenvalue weighted by Gasteiger charge is 2.29. The van der Waals surface area contributed by atoms with Crippen molar-refractivity contribution in [2.75, 3.05) is 11.9 Å². The summed E-state index contributed by atoms with van der Waals surface area (Å²) in [6.45, 7) is 3.08. The molecule has 1 N–H and O–H groups in total. The van der Waals surface area contributed by atoms with E-state index in [0.717, 1.165) is 35.1 Å². The predicted molar refractivity (Wildman–Crippen MR) is 90.9 cm³/mol. The van der Waals surface area contributed by atoms with E-state index in [1.54, 1.807) is 0 Å². The van der Waals surface area contributed by atoms with Crippen molar-refractivity contribution in [3.05, 3.63) is 47.5 Å². The Morgan fingerprint density at radius 3 is 2.70 bits per heavy atom. The lowest BCUT2D eigenvalue weighted by atomic mass is 9.87. The van der Waals surface area contributed by atoms with Gasteiger partial charge >= 0.3 is 0 Å². The number of nitrogens with zero attached hydrogens (tertiary/aromatic N) is 1. The standard InChI is InChI=1S/C19H18N2O2/c1-2-3-6-11-20-15-10-9-14-16-17(15)21-23-19(16)13-8-5-4-7-12(13)18(14)22/h4-5,7-10,20H,2-3,6,11H2,1H3. The van der Waals surface area contributed by atoms with Gasteiger partial charge in [-0.2, -0.15) is 0 Å². The summed E-state index contributed by atoms with van der Waals surface area (Å²) in [5, 5.41) is 8.48. The van der Waals surface area contributed by atoms with Crippen LogP contribution in [0.5, 0.6) is 0 Å². The number of carbonyl (C=O) groups excluding carboxylic acids is 1. The van der Waals surface area contributed by atoms with Crippen LogP contribution in [-0.4, -0.2) is 17.5 Å². The first-order valence-electron chi connectivity index (χ1n) is 8.11. The lowest BCUT2D eigenvalue weighted by Crippen LogP contribution is -2.09. The molecule has 2 aromatic carbocycles. The molecule has 0 saturated carbocycles. The maximum absolute atomic E-state index is 12.7. The van der Waals surface area contributed by atoms with Gasteiger partial charge in [0.2, 0.25) is 0 Å². The van der Waals surface area contributed by atoms with Gasteiger partial charge < -0.3 is 9.84 Å². The molecule has 1 aliphatic rings. The fraction of sp³-hybridized carbons (Fsp3) is 0.263. The zero-order valence-corrected chi connectivity index (χ0v) is 13.1. The molecule has 0 unspecified atom stereocenters. The third-order valence-corrected chi connectivity index (χ3v) is 4.39. The van der Waals surface area contributed by atoms with E-state index in [2.05, 4.69) is 17.4 Å². The highest BCUT2D eigenvalue weighted by Crippen LogP contribution is 2.41. The molecule has 0 saturated heterocycles. The largest absolute Gasteiger partial charge is 0.383 e. The smallest absolute Gasteiger partial charge is 0.194 e. The van der Waals surface area contributed by atoms with Crippen LogP contribution >= 0.6 is 0 Å². The number of anilines is 1. The normalized spacial score (nSPS) is 12.5. The highest BCUT2D eigenvalue weighted by atomic mass is 16.5. The summed E-state index contributed by atoms with van der Waals surface area (Å²) < 4.78 is 5.60. The maximum Gasteiger partial charge on any atom is 0.194 e. The van der Waals surface area contributed by atoms with E-state index < -0.39 is 0 Å². The summed E-state index contributed by atoms with van der Waals surface area (Å²) in [4.78, 5) is 12.7. The quantitative estimate of drug-likeness (QED) is 0.546. The van der Waals surface area contributed by atoms with Crippen LogP contribution in [0, 0.1) is 0 Å². The summed E-state index contributed by atoms with van der Waals surface area (Å²) >= 11 is 0. The molecule has 0 aliphatic heterocycles. The first-order chi connectivity index (χ1) is 11.3. The monoisotopic (exact) mass is 306 g/mol. The second-order valence-corrected chi connectivity index (χ2v) is 5.90. The second-order valence-electron chi connectivity index (χ2n) is 5.90. The van der Waals surface area contributed by atoms with Crippen LogP contribution in [0.3, 0.4) is 0 Å². The number of unbranched alkanes of at least 4 members (excludes halogenated alkanes) is 2. The average Bonchev–Trinajstić information content (AvgIpc) is 3.03. The minimum atomic E-state index is 0.0406. The van der Waals surface area contributed by atoms with E-state index in [9.17, 15) is 4.79 Å². The van der Waals surface area contributed by atoms with Gasteiger partial charge in [0.25, 0.3) is 0 Å². The summed E-state index contributed by atoms with van der Waals surface area (Å²) in [7, 11) is 0. The third-order valence-electron chi connectivity index (χ3n) is 4.39. The molecule has 0 bridgehead atoms. The van der Waals surface area contributed by atoms with E-state index in [-0.39, 0.29) is 5.78 Å². The van der Waals surface area contributed by atoms with E-state index in [1.165, 1.54) is 12.8 Å². The Balaban J connectivity index is 1.81. The Morgan fingerprint density at radius 2 is 1.87 bits per heavy atom. The van der Waals surface area contributed by atoms with Gasteiger partial charge in [0, 0.05) is 23.2 Å². The molecular weight excluding hydrogens is 288 g/mol. The molecule has 0 radical (unpaired) electrons. The van der Waals surface area contributed by atoms with E-state index >= 15 is 0 Å². The van der Waals surface area contributed by atoms with Crippen molar-refractivity contribution in [3.63, 3.8) is 0 Å². The van der Waals surface area contributed by atoms with Gasteiger partial charge in [0.05, 0.1) is 11.1 Å². The third kappa shape index (κ3) is 2.13. The van der Waals surface area contributed by atoms with Gasteiger partial charge in [-0.25, -0.2) is 0 Å². The SMILES string of the molecule is CCCCCNc1ccc2c3c(onc13)-c1ccccc1C2=O. The molecule has 4 rings (SSSR count). The topological polar surface area (TPSA) is 55.1 Å². The summed E-state index contributed by atoms with van der Waals surface area (Å²) in [6.07, 6.45) is 3.51. The van der Waals surface area contributed by atoms with Crippen molar-refractivity contribution in [1.29, 1.82) is 0 Å². The van der Waals surface area contributed by atoms with Crippen molar-refractivity contribution < 1.29 is 9.32 Å². The lowest BCUT2D eigenvalue weighted by molar-refractivity contribution is 0.104. The maximum atomic E-state index is 12.7. The molecule has 1 heterocycles. The van der Waals surface area contributed by atoms with Crippen molar-refractivity contribution in [3.8, 4) is 11.3 Å². The van der Waals surface area contributed by atoms with E-state index in [0.29, 0.717) is 16.9 Å². The zero-order valence-electron chi connectivity index (χ0n) is 13.1. The minimum Gasteiger partial charge on any atom is -0.383 e. The number of nitrogens with one attached hydrogen (secondary N) is 1. The van der Waals surface area contributed by atoms with Gasteiger partial charge in [0.1, 0.15) is 5.52 Å². The van der Waals surface area contributed by atoms with Gasteiger partial charge in [-0.15, -0.1) is 0 Å². The number of hydrogen-bond donors (Lipinski definition) is 1. The molecule has 116 valence electrons. The zero-order chi connectivity index (χ0) is 15.8. The molecule has 0 atom stereocenters. The molecule has 23 heavy (non-hydrogen) atoms. The van der Waals surface area contributed by atoms with Crippen LogP contribution < -0.4 is 5.32 Å². The summed E-state index contributed by atoms with van der Waals surface area (Å²) in [6, 6.07) is 11.4. The molecule has 0 spiro atoms. The second kappa shape index (κ2) is 5.54. The number of carbonyl (C=O) groups is 1. The van der Waals surface area contributed by atoms with Gasteiger partial charge in [-0.3, -0.25) is 4.79 Å². The van der Waals surface area contributed by atoms with Gasteiger partial charge in [0.15, 0.2) is 11.5 Å². The number of fused-ring (bicyclic) bond motifs is 2. The molecule has 4 nitrogen and oxygen atoms in total. The van der Waals surface area contributed by atoms with Crippen LogP contribution in [0.4, 0.5) is 5.69 Å². The minimum absolute atomic E-state index is 0.0406. The van der Waals surface area contributed by atoms with Gasteiger partial charge in [-0.05, 0) is 18.6 Å². The molecule has 0 fully saturated rings.